The van der Waals surface area contributed by atoms with Crippen molar-refractivity contribution in [2.75, 3.05) is 0 Å². The Hall–Kier alpha value is 11.6. The average Bonchev–Trinajstić information content (AvgIpc) is 2.10. The molecule has 0 aliphatic heterocycles. The maximum absolute atomic E-state index is 9.64. The van der Waals surface area contributed by atoms with Crippen LogP contribution < -0.4 is 0 Å². The summed E-state index contributed by atoms with van der Waals surface area (Å²) in [5.74, 6) is 0. The Balaban J connectivity index is -0.00000000254. The van der Waals surface area contributed by atoms with Gasteiger partial charge in [0.15, 0.2) is 0 Å². The fraction of sp³-hybridized carbons (Fsp3) is 0. The van der Waals surface area contributed by atoms with E-state index in [1.807, 2.05) is 0 Å². The Kier molecular flexibility index (Phi) is 523. The van der Waals surface area contributed by atoms with Crippen LogP contribution in [-0.2, 0) is 369 Å². The summed E-state index contributed by atoms with van der Waals surface area (Å²) in [6, 6.07) is 0. The van der Waals surface area contributed by atoms with Crippen molar-refractivity contribution in [2.24, 2.45) is 0 Å². The van der Waals surface area contributed by atoms with Crippen LogP contribution in [0.2, 0.25) is 0 Å². The molecule has 140 valence electrons. The van der Waals surface area contributed by atoms with Gasteiger partial charge in [0.05, 0.1) is 0 Å². The summed E-state index contributed by atoms with van der Waals surface area (Å²) in [5, 5.41) is 8.50. The van der Waals surface area contributed by atoms with Gasteiger partial charge in [-0.2, -0.15) is 0 Å². The van der Waals surface area contributed by atoms with E-state index < -0.39 is 0 Å². The first-order valence-corrected chi connectivity index (χ1v) is 16.9. The molecule has 0 saturated carbocycles. The van der Waals surface area contributed by atoms with E-state index in [4.69, 9.17) is 9.02 Å². The Morgan fingerprint density at radius 3 is 0.750 bits per heavy atom. The molecule has 0 bridgehead atoms. The number of carbonyl (C=O) groups excluding carboxylic acids is 1. The van der Waals surface area contributed by atoms with Crippen LogP contribution in [0.15, 0.2) is 0 Å². The van der Waals surface area contributed by atoms with Crippen LogP contribution in [-0.4, -0.2) is 19.4 Å². The van der Waals surface area contributed by atoms with Gasteiger partial charge in [-0.3, -0.25) is 0 Å². The molecule has 0 aliphatic rings. The molecular formula is C3HNO2W18-2. The van der Waals surface area contributed by atoms with Crippen molar-refractivity contribution in [1.82, 2.24) is 0 Å². The second-order valence-electron chi connectivity index (χ2n) is 0.736. The van der Waals surface area contributed by atoms with Crippen LogP contribution >= 0.6 is 0 Å². The number of nitrogens with zero attached hydrogens (tertiary/aromatic N) is 1. The predicted octanol–water partition coefficient (Wildman–Crippen LogP) is -0.887. The molecule has 0 amide bonds. The summed E-state index contributed by atoms with van der Waals surface area (Å²) >= 11 is 5.81. The normalized spacial score (nSPS) is 2.54. The summed E-state index contributed by atoms with van der Waals surface area (Å²) in [7, 11) is 0. The molecule has 0 unspecified atom stereocenters. The van der Waals surface area contributed by atoms with Crippen molar-refractivity contribution in [3.05, 3.63) is 3.91 Å². The SMILES string of the molecule is O=[C-][C](=[W])[C](O)=[W].[N-]=[W].[W].[W].[W].[W].[W].[W].[W].[W].[W].[W].[W].[W].[W].[W]=[W]. The number of hydrogen-bond acceptors (Lipinski definition) is 2. The topological polar surface area (TPSA) is 59.6 Å². The molecular weight excluding hydrogens is 3390 g/mol. The van der Waals surface area contributed by atoms with E-state index in [2.05, 4.69) is 0 Å². The van der Waals surface area contributed by atoms with Crippen LogP contribution in [0.4, 0.5) is 0 Å². The molecule has 21 heteroatoms. The second kappa shape index (κ2) is 113. The molecule has 0 aromatic rings. The predicted molar refractivity (Wildman–Crippen MR) is 21.0 cm³/mol. The summed E-state index contributed by atoms with van der Waals surface area (Å²) in [4.78, 5) is 9.64. The van der Waals surface area contributed by atoms with Gasteiger partial charge in [0.1, 0.15) is 0 Å². The number of aliphatic hydroxyl groups is 1. The van der Waals surface area contributed by atoms with E-state index in [9.17, 15) is 4.79 Å². The van der Waals surface area contributed by atoms with Crippen molar-refractivity contribution in [1.29, 1.82) is 0 Å². The quantitative estimate of drug-likeness (QED) is 0.366. The van der Waals surface area contributed by atoms with Gasteiger partial charge in [0.2, 0.25) is 0 Å². The zero-order valence-electron chi connectivity index (χ0n) is 10.2. The number of aliphatic hydroxyl groups excluding tert-OH is 1. The third-order valence-corrected chi connectivity index (χ3v) is 4.03. The minimum absolute atomic E-state index is 0. The van der Waals surface area contributed by atoms with E-state index in [-0.39, 0.29) is 278 Å². The fourth-order valence-corrected chi connectivity index (χ4v) is 0.193. The van der Waals surface area contributed by atoms with Gasteiger partial charge in [0, 0.05) is 274 Å². The van der Waals surface area contributed by atoms with Gasteiger partial charge in [0.25, 0.3) is 0 Å². The van der Waals surface area contributed by atoms with Crippen molar-refractivity contribution >= 4 is 14.3 Å². The van der Waals surface area contributed by atoms with Crippen LogP contribution in [0.5, 0.6) is 0 Å². The van der Waals surface area contributed by atoms with Gasteiger partial charge < -0.3 is 0 Å². The Labute approximate surface area is 382 Å². The summed E-state index contributed by atoms with van der Waals surface area (Å²) in [6.07, 6.45) is 1.60. The van der Waals surface area contributed by atoms with E-state index in [1.165, 1.54) is 0 Å². The van der Waals surface area contributed by atoms with Gasteiger partial charge in [-0.1, -0.05) is 0 Å². The minimum atomic E-state index is 0. The first-order chi connectivity index (χ1) is 5.18. The molecule has 24 heavy (non-hydrogen) atoms. The molecule has 0 fully saturated rings. The molecule has 0 heterocycles. The zero-order chi connectivity index (χ0) is 9.86. The summed E-state index contributed by atoms with van der Waals surface area (Å²) in [6.45, 7) is 0. The molecule has 0 rings (SSSR count). The average molecular weight is 3390 g/mol. The van der Waals surface area contributed by atoms with Crippen LogP contribution in [0.3, 0.4) is 0 Å². The molecule has 3 nitrogen and oxygen atoms in total. The van der Waals surface area contributed by atoms with Gasteiger partial charge >= 0.3 is 119 Å². The third-order valence-electron chi connectivity index (χ3n) is 0.287. The maximum atomic E-state index is 9.64. The van der Waals surface area contributed by atoms with E-state index in [0.717, 1.165) is 38.7 Å². The summed E-state index contributed by atoms with van der Waals surface area (Å²) in [5.41, 5.74) is 0. The monoisotopic (exact) mass is 3390 g/mol. The number of rotatable bonds is 2. The fourth-order valence-electron chi connectivity index (χ4n) is 0.0437. The first-order valence-electron chi connectivity index (χ1n) is 1.69. The zero-order valence-corrected chi connectivity index (χ0v) is 63.0. The molecule has 0 aliphatic carbocycles. The Bertz CT molecular complexity index is 155. The Morgan fingerprint density at radius 1 is 0.625 bits per heavy atom. The first kappa shape index (κ1) is 111. The summed E-state index contributed by atoms with van der Waals surface area (Å²) < 4.78 is 7.63. The molecule has 0 atom stereocenters. The van der Waals surface area contributed by atoms with Gasteiger partial charge in [-0.25, -0.2) is 0 Å². The van der Waals surface area contributed by atoms with Gasteiger partial charge in [-0.15, -0.1) is 0 Å². The molecule has 1 N–H and O–H groups in total. The Morgan fingerprint density at radius 2 is 0.750 bits per heavy atom. The molecule has 0 spiro atoms. The molecule has 0 aromatic heterocycles. The van der Waals surface area contributed by atoms with Crippen molar-refractivity contribution < 1.29 is 375 Å². The standard InChI is InChI=1S/C3HO2.N.18W/c4-2-1-3-5;;;;;;;;;;;;;;;;;;;/h4H;;;;;;;;;;;;;;;;;;;/q2*-1;;;;;;;;;;;;;;;;;;. The number of hydrogen-bond donors (Lipinski definition) is 1. The molecule has 0 aromatic carbocycles. The van der Waals surface area contributed by atoms with E-state index in [0.29, 0.717) is 23.5 Å². The molecule has 0 saturated heterocycles. The van der Waals surface area contributed by atoms with E-state index >= 15 is 0 Å². The van der Waals surface area contributed by atoms with Crippen LogP contribution in [0, 0.1) is 0 Å². The van der Waals surface area contributed by atoms with E-state index in [1.54, 1.807) is 38.7 Å². The van der Waals surface area contributed by atoms with Crippen LogP contribution in [0.1, 0.15) is 0 Å². The van der Waals surface area contributed by atoms with Crippen molar-refractivity contribution in [2.45, 2.75) is 0 Å². The van der Waals surface area contributed by atoms with Crippen LogP contribution in [0.25, 0.3) is 3.91 Å². The third kappa shape index (κ3) is 115. The molecule has 0 radical (unpaired) electrons. The van der Waals surface area contributed by atoms with Gasteiger partial charge in [-0.05, 0) is 0 Å². The van der Waals surface area contributed by atoms with Crippen molar-refractivity contribution in [3.63, 3.8) is 0 Å². The van der Waals surface area contributed by atoms with Crippen molar-refractivity contribution in [3.8, 4) is 0 Å². The second-order valence-corrected chi connectivity index (χ2v) is 3.59.